The first-order chi connectivity index (χ1) is 4.22. The molecule has 0 aliphatic carbocycles. The van der Waals surface area contributed by atoms with Crippen molar-refractivity contribution in [3.8, 4) is 0 Å². The molecule has 2 nitrogen and oxygen atoms in total. The van der Waals surface area contributed by atoms with Gasteiger partial charge in [-0.1, -0.05) is 0 Å². The minimum Gasteiger partial charge on any atom is -0.393 e. The predicted molar refractivity (Wildman–Crippen MR) is 28.1 cm³/mol. The summed E-state index contributed by atoms with van der Waals surface area (Å²) in [5, 5.41) is 11.8. The van der Waals surface area contributed by atoms with Gasteiger partial charge in [-0.2, -0.15) is 0 Å². The van der Waals surface area contributed by atoms with E-state index in [1.54, 1.807) is 0 Å². The van der Waals surface area contributed by atoms with E-state index in [-0.39, 0.29) is 0 Å². The van der Waals surface area contributed by atoms with Crippen LogP contribution in [0.1, 0.15) is 15.6 Å². The van der Waals surface area contributed by atoms with E-state index in [1.165, 1.54) is 0 Å². The Labute approximate surface area is 46.3 Å². The number of piperidine rings is 1. The van der Waals surface area contributed by atoms with Gasteiger partial charge in [0, 0.05) is 2.74 Å². The first kappa shape index (κ1) is 3.05. The standard InChI is InChI=1S/C5H11NO/c7-5-1-3-6-4-2-5/h5-7H,1-4H2/i1D,3D. The molecule has 2 N–H and O–H groups in total. The average molecular weight is 103 g/mol. The maximum absolute atomic E-state index is 9.00. The molecule has 0 aromatic rings. The average Bonchev–Trinajstić information content (AvgIpc) is 1.83. The van der Waals surface area contributed by atoms with E-state index in [2.05, 4.69) is 5.32 Å². The molecule has 1 fully saturated rings. The predicted octanol–water partition coefficient (Wildman–Crippen LogP) is -0.269. The highest BCUT2D eigenvalue weighted by molar-refractivity contribution is 4.65. The van der Waals surface area contributed by atoms with Crippen LogP contribution in [-0.2, 0) is 0 Å². The molecule has 0 saturated carbocycles. The quantitative estimate of drug-likeness (QED) is 0.442. The molecule has 1 aliphatic heterocycles. The molecule has 3 unspecified atom stereocenters. The molecule has 42 valence electrons. The Hall–Kier alpha value is -0.0800. The lowest BCUT2D eigenvalue weighted by molar-refractivity contribution is 0.137. The lowest BCUT2D eigenvalue weighted by Crippen LogP contribution is -2.30. The van der Waals surface area contributed by atoms with Crippen LogP contribution in [0.2, 0.25) is 0 Å². The molecule has 0 aromatic carbocycles. The second-order valence-electron chi connectivity index (χ2n) is 1.67. The van der Waals surface area contributed by atoms with Gasteiger partial charge in [-0.05, 0) is 25.9 Å². The van der Waals surface area contributed by atoms with Gasteiger partial charge in [-0.25, -0.2) is 0 Å². The van der Waals surface area contributed by atoms with Crippen molar-refractivity contribution in [3.05, 3.63) is 0 Å². The zero-order valence-corrected chi connectivity index (χ0v) is 4.09. The van der Waals surface area contributed by atoms with Crippen molar-refractivity contribution in [2.24, 2.45) is 0 Å². The van der Waals surface area contributed by atoms with Crippen LogP contribution < -0.4 is 5.32 Å². The summed E-state index contributed by atoms with van der Waals surface area (Å²) >= 11 is 0. The van der Waals surface area contributed by atoms with Crippen molar-refractivity contribution in [1.29, 1.82) is 0 Å². The second-order valence-corrected chi connectivity index (χ2v) is 1.67. The molecule has 1 aliphatic rings. The van der Waals surface area contributed by atoms with E-state index >= 15 is 0 Å². The Balaban J connectivity index is 2.41. The van der Waals surface area contributed by atoms with E-state index in [0.717, 1.165) is 0 Å². The highest BCUT2D eigenvalue weighted by Gasteiger charge is 2.06. The van der Waals surface area contributed by atoms with Crippen molar-refractivity contribution in [1.82, 2.24) is 5.32 Å². The summed E-state index contributed by atoms with van der Waals surface area (Å²) in [6, 6.07) is 0. The molecule has 3 atom stereocenters. The van der Waals surface area contributed by atoms with Crippen LogP contribution in [0, 0.1) is 0 Å². The fourth-order valence-corrected chi connectivity index (χ4v) is 0.590. The van der Waals surface area contributed by atoms with E-state index in [4.69, 9.17) is 7.85 Å². The molecule has 0 aromatic heterocycles. The molecule has 1 heterocycles. The lowest BCUT2D eigenvalue weighted by atomic mass is 10.1. The molecule has 1 rings (SSSR count). The maximum Gasteiger partial charge on any atom is 0.0564 e. The van der Waals surface area contributed by atoms with Crippen LogP contribution in [0.25, 0.3) is 0 Å². The minimum absolute atomic E-state index is 0.601. The minimum atomic E-state index is -0.668. The third-order valence-corrected chi connectivity index (χ3v) is 1.02. The van der Waals surface area contributed by atoms with Crippen molar-refractivity contribution < 1.29 is 7.85 Å². The summed E-state index contributed by atoms with van der Waals surface area (Å²) in [5.74, 6) is 0. The highest BCUT2D eigenvalue weighted by Crippen LogP contribution is 1.99. The number of hydrogen-bond donors (Lipinski definition) is 2. The summed E-state index contributed by atoms with van der Waals surface area (Å²) in [6.07, 6.45) is -0.670. The summed E-state index contributed by atoms with van der Waals surface area (Å²) in [7, 11) is 0. The first-order valence-electron chi connectivity index (χ1n) is 3.63. The van der Waals surface area contributed by atoms with Gasteiger partial charge in [0.2, 0.25) is 0 Å². The number of aliphatic hydroxyl groups is 1. The zero-order valence-electron chi connectivity index (χ0n) is 6.09. The Bertz CT molecular complexity index is 91.0. The Morgan fingerprint density at radius 1 is 1.86 bits per heavy atom. The van der Waals surface area contributed by atoms with Crippen LogP contribution >= 0.6 is 0 Å². The molecular weight excluding hydrogens is 90.1 g/mol. The highest BCUT2D eigenvalue weighted by atomic mass is 16.3. The zero-order chi connectivity index (χ0) is 6.85. The lowest BCUT2D eigenvalue weighted by Gasteiger charge is -2.16. The van der Waals surface area contributed by atoms with Gasteiger partial charge in [0.15, 0.2) is 0 Å². The van der Waals surface area contributed by atoms with Crippen LogP contribution in [-0.4, -0.2) is 24.3 Å². The number of nitrogens with one attached hydrogen (secondary N) is 1. The number of hydrogen-bond acceptors (Lipinski definition) is 2. The van der Waals surface area contributed by atoms with E-state index in [0.29, 0.717) is 13.0 Å². The summed E-state index contributed by atoms with van der Waals surface area (Å²) in [4.78, 5) is 0. The molecule has 0 amide bonds. The molecule has 0 spiro atoms. The topological polar surface area (TPSA) is 32.3 Å². The van der Waals surface area contributed by atoms with E-state index < -0.39 is 19.0 Å². The van der Waals surface area contributed by atoms with Gasteiger partial charge >= 0.3 is 0 Å². The Morgan fingerprint density at radius 2 is 2.71 bits per heavy atom. The summed E-state index contributed by atoms with van der Waals surface area (Å²) in [5.41, 5.74) is 0. The molecule has 0 radical (unpaired) electrons. The Kier molecular flexibility index (Phi) is 0.995. The van der Waals surface area contributed by atoms with Crippen LogP contribution in [0.4, 0.5) is 0 Å². The molecule has 7 heavy (non-hydrogen) atoms. The Morgan fingerprint density at radius 3 is 3.29 bits per heavy atom. The van der Waals surface area contributed by atoms with Gasteiger partial charge in [-0.3, -0.25) is 0 Å². The fraction of sp³-hybridized carbons (Fsp3) is 1.00. The largest absolute Gasteiger partial charge is 0.393 e. The van der Waals surface area contributed by atoms with Crippen molar-refractivity contribution in [3.63, 3.8) is 0 Å². The fourth-order valence-electron chi connectivity index (χ4n) is 0.590. The van der Waals surface area contributed by atoms with E-state index in [1.807, 2.05) is 0 Å². The number of aliphatic hydroxyl groups excluding tert-OH is 1. The second kappa shape index (κ2) is 2.28. The van der Waals surface area contributed by atoms with Crippen LogP contribution in [0.5, 0.6) is 0 Å². The first-order valence-corrected chi connectivity index (χ1v) is 2.48. The third-order valence-electron chi connectivity index (χ3n) is 1.02. The molecule has 1 saturated heterocycles. The summed E-state index contributed by atoms with van der Waals surface area (Å²) in [6.45, 7) is 0.0544. The monoisotopic (exact) mass is 103 g/mol. The van der Waals surface area contributed by atoms with Gasteiger partial charge in [-0.15, -0.1) is 0 Å². The molecular formula is C5H11NO. The van der Waals surface area contributed by atoms with Crippen LogP contribution in [0.15, 0.2) is 0 Å². The van der Waals surface area contributed by atoms with Crippen molar-refractivity contribution in [2.45, 2.75) is 18.9 Å². The van der Waals surface area contributed by atoms with Gasteiger partial charge in [0.25, 0.3) is 0 Å². The van der Waals surface area contributed by atoms with Gasteiger partial charge in [0.1, 0.15) is 0 Å². The number of rotatable bonds is 0. The maximum atomic E-state index is 9.00. The van der Waals surface area contributed by atoms with Crippen LogP contribution in [0.3, 0.4) is 0 Å². The van der Waals surface area contributed by atoms with Crippen molar-refractivity contribution in [2.75, 3.05) is 13.1 Å². The molecule has 0 bridgehead atoms. The van der Waals surface area contributed by atoms with Crippen molar-refractivity contribution >= 4 is 0 Å². The molecule has 2 heteroatoms. The third kappa shape index (κ3) is 1.45. The van der Waals surface area contributed by atoms with E-state index in [9.17, 15) is 0 Å². The van der Waals surface area contributed by atoms with Gasteiger partial charge in [0.05, 0.1) is 6.10 Å². The SMILES string of the molecule is [2H]C1NCCC(O)C1[2H]. The summed E-state index contributed by atoms with van der Waals surface area (Å²) < 4.78 is 14.3. The smallest absolute Gasteiger partial charge is 0.0564 e. The normalized spacial score (nSPS) is 58.1. The van der Waals surface area contributed by atoms with Gasteiger partial charge < -0.3 is 10.4 Å².